The molecule has 1 unspecified atom stereocenters. The van der Waals surface area contributed by atoms with E-state index in [0.29, 0.717) is 17.9 Å². The monoisotopic (exact) mass is 330 g/mol. The first-order valence-corrected chi connectivity index (χ1v) is 8.04. The van der Waals surface area contributed by atoms with Crippen molar-refractivity contribution in [1.82, 2.24) is 15.0 Å². The van der Waals surface area contributed by atoms with Crippen molar-refractivity contribution < 1.29 is 4.42 Å². The number of furan rings is 1. The van der Waals surface area contributed by atoms with E-state index in [-0.39, 0.29) is 11.5 Å². The van der Waals surface area contributed by atoms with Crippen molar-refractivity contribution in [3.8, 4) is 0 Å². The molecule has 0 amide bonds. The third-order valence-corrected chi connectivity index (χ3v) is 4.58. The lowest BCUT2D eigenvalue weighted by Crippen LogP contribution is -2.24. The summed E-state index contributed by atoms with van der Waals surface area (Å²) in [5.41, 5.74) is 2.43. The molecule has 4 heterocycles. The zero-order valence-corrected chi connectivity index (χ0v) is 13.2. The average molecular weight is 330 g/mol. The van der Waals surface area contributed by atoms with Gasteiger partial charge in [-0.3, -0.25) is 4.79 Å². The molecule has 0 saturated carbocycles. The third-order valence-electron chi connectivity index (χ3n) is 4.58. The Morgan fingerprint density at radius 2 is 1.92 bits per heavy atom. The molecule has 5 rings (SSSR count). The Balaban J connectivity index is 1.77. The summed E-state index contributed by atoms with van der Waals surface area (Å²) in [5, 5.41) is 0.690. The summed E-state index contributed by atoms with van der Waals surface area (Å²) < 4.78 is 5.66. The van der Waals surface area contributed by atoms with Crippen LogP contribution in [0.15, 0.2) is 70.3 Å². The third kappa shape index (κ3) is 2.07. The van der Waals surface area contributed by atoms with Crippen LogP contribution in [0.1, 0.15) is 23.1 Å². The van der Waals surface area contributed by atoms with Crippen molar-refractivity contribution in [3.63, 3.8) is 0 Å². The Morgan fingerprint density at radius 3 is 2.72 bits per heavy atom. The highest BCUT2D eigenvalue weighted by molar-refractivity contribution is 5.80. The molecule has 0 fully saturated rings. The Hall–Kier alpha value is -3.41. The summed E-state index contributed by atoms with van der Waals surface area (Å²) in [6, 6.07) is 12.8. The molecule has 1 atom stereocenters. The molecule has 0 spiro atoms. The molecule has 0 saturated heterocycles. The molecule has 3 aromatic heterocycles. The molecule has 6 nitrogen and oxygen atoms in total. The summed E-state index contributed by atoms with van der Waals surface area (Å²) in [6.45, 7) is 0.435. The number of anilines is 1. The zero-order valence-electron chi connectivity index (χ0n) is 13.2. The number of aromatic nitrogens is 3. The summed E-state index contributed by atoms with van der Waals surface area (Å²) in [4.78, 5) is 27.1. The van der Waals surface area contributed by atoms with Gasteiger partial charge in [-0.05, 0) is 30.3 Å². The van der Waals surface area contributed by atoms with Crippen molar-refractivity contribution in [1.29, 1.82) is 0 Å². The van der Waals surface area contributed by atoms with Gasteiger partial charge in [0, 0.05) is 28.9 Å². The van der Waals surface area contributed by atoms with E-state index in [1.165, 1.54) is 0 Å². The fourth-order valence-electron chi connectivity index (χ4n) is 3.47. The van der Waals surface area contributed by atoms with Crippen LogP contribution in [0.5, 0.6) is 0 Å². The molecule has 0 aliphatic carbocycles. The van der Waals surface area contributed by atoms with E-state index >= 15 is 0 Å². The van der Waals surface area contributed by atoms with Gasteiger partial charge < -0.3 is 14.3 Å². The van der Waals surface area contributed by atoms with E-state index in [1.807, 2.05) is 41.3 Å². The molecule has 1 N–H and O–H groups in total. The van der Waals surface area contributed by atoms with E-state index in [4.69, 9.17) is 4.42 Å². The van der Waals surface area contributed by atoms with Gasteiger partial charge in [0.25, 0.3) is 0 Å². The van der Waals surface area contributed by atoms with Crippen LogP contribution in [0.2, 0.25) is 0 Å². The minimum absolute atomic E-state index is 0.0411. The first-order chi connectivity index (χ1) is 12.3. The standard InChI is InChI=1S/C19H14N4O2/c24-18-12-5-1-2-6-14(12)22-16-13(18)11-23(19-20-8-4-9-21-19)17(16)15-7-3-10-25-15/h1-10,17H,11H2,(H,22,24). The molecule has 1 aliphatic heterocycles. The Bertz CT molecular complexity index is 1100. The lowest BCUT2D eigenvalue weighted by Gasteiger charge is -2.23. The Kier molecular flexibility index (Phi) is 2.97. The van der Waals surface area contributed by atoms with Crippen LogP contribution in [0.4, 0.5) is 5.95 Å². The number of para-hydroxylation sites is 1. The number of aromatic amines is 1. The number of hydrogen-bond acceptors (Lipinski definition) is 5. The molecular weight excluding hydrogens is 316 g/mol. The molecule has 0 radical (unpaired) electrons. The van der Waals surface area contributed by atoms with Gasteiger partial charge in [0.2, 0.25) is 5.95 Å². The maximum Gasteiger partial charge on any atom is 0.226 e. The molecule has 1 aliphatic rings. The normalized spacial score (nSPS) is 16.3. The van der Waals surface area contributed by atoms with Crippen molar-refractivity contribution in [2.45, 2.75) is 12.6 Å². The van der Waals surface area contributed by atoms with Crippen LogP contribution < -0.4 is 10.3 Å². The number of fused-ring (bicyclic) bond motifs is 2. The van der Waals surface area contributed by atoms with Crippen molar-refractivity contribution in [2.24, 2.45) is 0 Å². The number of benzene rings is 1. The number of rotatable bonds is 2. The summed E-state index contributed by atoms with van der Waals surface area (Å²) >= 11 is 0. The van der Waals surface area contributed by atoms with Gasteiger partial charge in [0.05, 0.1) is 18.5 Å². The molecular formula is C19H14N4O2. The second-order valence-electron chi connectivity index (χ2n) is 5.99. The Morgan fingerprint density at radius 1 is 1.08 bits per heavy atom. The summed E-state index contributed by atoms with van der Waals surface area (Å²) in [5.74, 6) is 1.31. The fourth-order valence-corrected chi connectivity index (χ4v) is 3.47. The van der Waals surface area contributed by atoms with Gasteiger partial charge in [-0.1, -0.05) is 12.1 Å². The van der Waals surface area contributed by atoms with Crippen LogP contribution in [-0.4, -0.2) is 15.0 Å². The van der Waals surface area contributed by atoms with Crippen LogP contribution in [0.25, 0.3) is 10.9 Å². The lowest BCUT2D eigenvalue weighted by molar-refractivity contribution is 0.479. The summed E-state index contributed by atoms with van der Waals surface area (Å²) in [7, 11) is 0. The zero-order chi connectivity index (χ0) is 16.8. The molecule has 1 aromatic carbocycles. The minimum atomic E-state index is -0.260. The van der Waals surface area contributed by atoms with Crippen LogP contribution in [0.3, 0.4) is 0 Å². The van der Waals surface area contributed by atoms with Crippen molar-refractivity contribution >= 4 is 16.9 Å². The maximum absolute atomic E-state index is 13.0. The topological polar surface area (TPSA) is 75.0 Å². The van der Waals surface area contributed by atoms with E-state index < -0.39 is 0 Å². The van der Waals surface area contributed by atoms with Crippen LogP contribution in [0, 0.1) is 0 Å². The number of H-pyrrole nitrogens is 1. The van der Waals surface area contributed by atoms with Crippen LogP contribution >= 0.6 is 0 Å². The molecule has 0 bridgehead atoms. The van der Waals surface area contributed by atoms with Gasteiger partial charge in [-0.2, -0.15) is 0 Å². The first-order valence-electron chi connectivity index (χ1n) is 8.04. The predicted molar refractivity (Wildman–Crippen MR) is 93.3 cm³/mol. The highest BCUT2D eigenvalue weighted by atomic mass is 16.3. The van der Waals surface area contributed by atoms with E-state index in [0.717, 1.165) is 22.5 Å². The largest absolute Gasteiger partial charge is 0.467 e. The number of hydrogen-bond donors (Lipinski definition) is 1. The van der Waals surface area contributed by atoms with E-state index in [9.17, 15) is 4.79 Å². The first kappa shape index (κ1) is 14.0. The van der Waals surface area contributed by atoms with Crippen molar-refractivity contribution in [2.75, 3.05) is 4.90 Å². The van der Waals surface area contributed by atoms with Gasteiger partial charge >= 0.3 is 0 Å². The number of pyridine rings is 1. The second kappa shape index (κ2) is 5.31. The molecule has 122 valence electrons. The van der Waals surface area contributed by atoms with Gasteiger partial charge in [-0.25, -0.2) is 9.97 Å². The van der Waals surface area contributed by atoms with Crippen LogP contribution in [-0.2, 0) is 6.54 Å². The molecule has 25 heavy (non-hydrogen) atoms. The van der Waals surface area contributed by atoms with Gasteiger partial charge in [-0.15, -0.1) is 0 Å². The van der Waals surface area contributed by atoms with Crippen molar-refractivity contribution in [3.05, 3.63) is 88.4 Å². The maximum atomic E-state index is 13.0. The fraction of sp³-hybridized carbons (Fsp3) is 0.105. The highest BCUT2D eigenvalue weighted by Gasteiger charge is 2.37. The SMILES string of the molecule is O=c1c2c([nH]c3ccccc13)C(c1ccco1)N(c1ncccn1)C2. The number of nitrogens with zero attached hydrogens (tertiary/aromatic N) is 3. The highest BCUT2D eigenvalue weighted by Crippen LogP contribution is 2.38. The van der Waals surface area contributed by atoms with E-state index in [2.05, 4.69) is 15.0 Å². The average Bonchev–Trinajstić information content (AvgIpc) is 3.30. The number of nitrogens with one attached hydrogen (secondary N) is 1. The molecule has 4 aromatic rings. The van der Waals surface area contributed by atoms with Gasteiger partial charge in [0.1, 0.15) is 11.8 Å². The van der Waals surface area contributed by atoms with E-state index in [1.54, 1.807) is 24.7 Å². The smallest absolute Gasteiger partial charge is 0.226 e. The minimum Gasteiger partial charge on any atom is -0.467 e. The quantitative estimate of drug-likeness (QED) is 0.611. The lowest BCUT2D eigenvalue weighted by atomic mass is 10.1. The Labute approximate surface area is 142 Å². The molecule has 6 heteroatoms. The second-order valence-corrected chi connectivity index (χ2v) is 5.99. The predicted octanol–water partition coefficient (Wildman–Crippen LogP) is 3.02. The summed E-state index contributed by atoms with van der Waals surface area (Å²) in [6.07, 6.45) is 5.03. The van der Waals surface area contributed by atoms with Gasteiger partial charge in [0.15, 0.2) is 5.43 Å².